The number of carboxylic acids is 1. The van der Waals surface area contributed by atoms with Gasteiger partial charge in [-0.15, -0.1) is 0 Å². The Morgan fingerprint density at radius 1 is 1.30 bits per heavy atom. The zero-order valence-electron chi connectivity index (χ0n) is 15.7. The molecule has 1 aliphatic carbocycles. The summed E-state index contributed by atoms with van der Waals surface area (Å²) in [5.41, 5.74) is 4.04. The van der Waals surface area contributed by atoms with Crippen LogP contribution in [-0.4, -0.2) is 28.8 Å². The Morgan fingerprint density at radius 2 is 2.00 bits per heavy atom. The van der Waals surface area contributed by atoms with E-state index in [1.807, 2.05) is 0 Å². The van der Waals surface area contributed by atoms with E-state index in [-0.39, 0.29) is 12.4 Å². The first-order chi connectivity index (χ1) is 14.1. The van der Waals surface area contributed by atoms with Crippen LogP contribution >= 0.6 is 11.6 Å². The number of nitrogens with zero attached hydrogens (tertiary/aromatic N) is 1. The summed E-state index contributed by atoms with van der Waals surface area (Å²) in [4.78, 5) is 13.6. The van der Waals surface area contributed by atoms with E-state index in [9.17, 15) is 17.6 Å². The summed E-state index contributed by atoms with van der Waals surface area (Å²) in [6.45, 7) is 1.93. The Balaban J connectivity index is 0.000000318. The zero-order chi connectivity index (χ0) is 21.9. The number of alkyl halides is 3. The summed E-state index contributed by atoms with van der Waals surface area (Å²) in [5.74, 6) is -1.89. The summed E-state index contributed by atoms with van der Waals surface area (Å²) in [5, 5.41) is 10.8. The summed E-state index contributed by atoms with van der Waals surface area (Å²) < 4.78 is 51.5. The normalized spacial score (nSPS) is 15.6. The molecule has 10 heteroatoms. The van der Waals surface area contributed by atoms with Gasteiger partial charge in [0, 0.05) is 22.7 Å². The third-order valence-electron chi connectivity index (χ3n) is 4.69. The number of fused-ring (bicyclic) bond motifs is 1. The molecule has 5 nitrogen and oxygen atoms in total. The first kappa shape index (κ1) is 22.3. The fraction of sp³-hybridized carbons (Fsp3) is 0.400. The average Bonchev–Trinajstić information content (AvgIpc) is 3.51. The number of rotatable bonds is 4. The molecule has 1 aromatic heterocycles. The maximum Gasteiger partial charge on any atom is 0.490 e. The number of benzene rings is 1. The second-order valence-corrected chi connectivity index (χ2v) is 7.45. The van der Waals surface area contributed by atoms with Crippen LogP contribution in [0, 0.1) is 5.82 Å². The molecule has 0 unspecified atom stereocenters. The van der Waals surface area contributed by atoms with Gasteiger partial charge in [0.15, 0.2) is 0 Å². The SMILES string of the molecule is Fc1cc(Cl)ccc1COc1nc2c(cc1C1CC1)CCNC2.O=C(O)C(F)(F)F. The Bertz CT molecular complexity index is 933. The number of aromatic nitrogens is 1. The van der Waals surface area contributed by atoms with Gasteiger partial charge in [-0.3, -0.25) is 0 Å². The summed E-state index contributed by atoms with van der Waals surface area (Å²) in [7, 11) is 0. The van der Waals surface area contributed by atoms with Crippen molar-refractivity contribution in [1.82, 2.24) is 10.3 Å². The molecule has 0 bridgehead atoms. The first-order valence-electron chi connectivity index (χ1n) is 9.25. The molecule has 2 aromatic rings. The van der Waals surface area contributed by atoms with E-state index in [4.69, 9.17) is 31.2 Å². The van der Waals surface area contributed by atoms with Crippen molar-refractivity contribution in [3.8, 4) is 5.88 Å². The molecule has 0 atom stereocenters. The standard InChI is InChI=1S/C18H18ClFN2O.C2HF3O2/c19-14-4-3-13(16(20)8-14)10-23-18-15(11-1-2-11)7-12-5-6-21-9-17(12)22-18;3-2(4,5)1(6)7/h3-4,7-8,11,21H,1-2,5-6,9-10H2;(H,6,7). The maximum absolute atomic E-state index is 13.9. The van der Waals surface area contributed by atoms with Crippen LogP contribution in [0.4, 0.5) is 17.6 Å². The molecule has 1 aromatic carbocycles. The molecule has 0 spiro atoms. The summed E-state index contributed by atoms with van der Waals surface area (Å²) >= 11 is 5.79. The molecular formula is C20H19ClF4N2O3. The number of pyridine rings is 1. The van der Waals surface area contributed by atoms with Crippen LogP contribution in [0.2, 0.25) is 5.02 Å². The summed E-state index contributed by atoms with van der Waals surface area (Å²) in [6, 6.07) is 6.89. The predicted molar refractivity (Wildman–Crippen MR) is 101 cm³/mol. The Kier molecular flexibility index (Phi) is 6.82. The molecule has 0 amide bonds. The van der Waals surface area contributed by atoms with Crippen LogP contribution in [0.1, 0.15) is 41.1 Å². The third kappa shape index (κ3) is 5.82. The Morgan fingerprint density at radius 3 is 2.60 bits per heavy atom. The number of nitrogens with one attached hydrogen (secondary N) is 1. The van der Waals surface area contributed by atoms with Crippen LogP contribution in [0.25, 0.3) is 0 Å². The molecule has 2 heterocycles. The summed E-state index contributed by atoms with van der Waals surface area (Å²) in [6.07, 6.45) is -1.71. The van der Waals surface area contributed by atoms with Crippen molar-refractivity contribution in [2.75, 3.05) is 6.54 Å². The van der Waals surface area contributed by atoms with E-state index < -0.39 is 12.1 Å². The van der Waals surface area contributed by atoms with Crippen LogP contribution in [-0.2, 0) is 24.4 Å². The van der Waals surface area contributed by atoms with Crippen molar-refractivity contribution >= 4 is 17.6 Å². The highest BCUT2D eigenvalue weighted by atomic mass is 35.5. The van der Waals surface area contributed by atoms with Crippen molar-refractivity contribution < 1.29 is 32.2 Å². The van der Waals surface area contributed by atoms with Crippen molar-refractivity contribution in [2.24, 2.45) is 0 Å². The lowest BCUT2D eigenvalue weighted by Gasteiger charge is -2.20. The van der Waals surface area contributed by atoms with Gasteiger partial charge in [-0.1, -0.05) is 17.7 Å². The minimum absolute atomic E-state index is 0.169. The number of ether oxygens (including phenoxy) is 1. The molecular weight excluding hydrogens is 428 g/mol. The van der Waals surface area contributed by atoms with Crippen LogP contribution < -0.4 is 10.1 Å². The van der Waals surface area contributed by atoms with Gasteiger partial charge in [-0.25, -0.2) is 14.2 Å². The minimum Gasteiger partial charge on any atom is -0.475 e. The number of aliphatic carboxylic acids is 1. The van der Waals surface area contributed by atoms with Gasteiger partial charge in [0.2, 0.25) is 5.88 Å². The molecule has 0 radical (unpaired) electrons. The second-order valence-electron chi connectivity index (χ2n) is 7.02. The number of hydrogen-bond acceptors (Lipinski definition) is 4. The number of carboxylic acid groups (broad SMARTS) is 1. The molecule has 30 heavy (non-hydrogen) atoms. The van der Waals surface area contributed by atoms with Crippen molar-refractivity contribution in [1.29, 1.82) is 0 Å². The van der Waals surface area contributed by atoms with E-state index in [0.29, 0.717) is 22.4 Å². The van der Waals surface area contributed by atoms with E-state index in [1.54, 1.807) is 12.1 Å². The fourth-order valence-electron chi connectivity index (χ4n) is 2.98. The van der Waals surface area contributed by atoms with Gasteiger partial charge < -0.3 is 15.2 Å². The predicted octanol–water partition coefficient (Wildman–Crippen LogP) is 4.61. The smallest absolute Gasteiger partial charge is 0.475 e. The highest BCUT2D eigenvalue weighted by Gasteiger charge is 2.38. The van der Waals surface area contributed by atoms with Gasteiger partial charge >= 0.3 is 12.1 Å². The number of carbonyl (C=O) groups is 1. The molecule has 2 N–H and O–H groups in total. The van der Waals surface area contributed by atoms with Crippen LogP contribution in [0.3, 0.4) is 0 Å². The maximum atomic E-state index is 13.9. The van der Waals surface area contributed by atoms with E-state index in [1.165, 1.54) is 30.0 Å². The van der Waals surface area contributed by atoms with Crippen LogP contribution in [0.5, 0.6) is 5.88 Å². The lowest BCUT2D eigenvalue weighted by molar-refractivity contribution is -0.192. The molecule has 2 aliphatic rings. The van der Waals surface area contributed by atoms with Gasteiger partial charge in [0.05, 0.1) is 5.69 Å². The number of halogens is 5. The lowest BCUT2D eigenvalue weighted by Crippen LogP contribution is -2.25. The Hall–Kier alpha value is -2.39. The van der Waals surface area contributed by atoms with E-state index in [2.05, 4.69) is 11.4 Å². The molecule has 162 valence electrons. The van der Waals surface area contributed by atoms with Gasteiger partial charge in [-0.05, 0) is 55.5 Å². The highest BCUT2D eigenvalue weighted by molar-refractivity contribution is 6.30. The zero-order valence-corrected chi connectivity index (χ0v) is 16.5. The third-order valence-corrected chi connectivity index (χ3v) is 4.92. The monoisotopic (exact) mass is 446 g/mol. The second kappa shape index (κ2) is 9.18. The van der Waals surface area contributed by atoms with Crippen LogP contribution in [0.15, 0.2) is 24.3 Å². The Labute approximate surface area is 175 Å². The van der Waals surface area contributed by atoms with Crippen molar-refractivity contribution in [3.63, 3.8) is 0 Å². The molecule has 1 fully saturated rings. The first-order valence-corrected chi connectivity index (χ1v) is 9.63. The number of hydrogen-bond donors (Lipinski definition) is 2. The van der Waals surface area contributed by atoms with Gasteiger partial charge in [0.25, 0.3) is 0 Å². The lowest BCUT2D eigenvalue weighted by atomic mass is 10.0. The average molecular weight is 447 g/mol. The van der Waals surface area contributed by atoms with Crippen molar-refractivity contribution in [2.45, 2.75) is 44.5 Å². The molecule has 1 aliphatic heterocycles. The van der Waals surface area contributed by atoms with Crippen molar-refractivity contribution in [3.05, 3.63) is 57.5 Å². The van der Waals surface area contributed by atoms with E-state index >= 15 is 0 Å². The highest BCUT2D eigenvalue weighted by Crippen LogP contribution is 2.44. The topological polar surface area (TPSA) is 71.5 Å². The largest absolute Gasteiger partial charge is 0.490 e. The van der Waals surface area contributed by atoms with E-state index in [0.717, 1.165) is 25.2 Å². The van der Waals surface area contributed by atoms with Gasteiger partial charge in [0.1, 0.15) is 12.4 Å². The minimum atomic E-state index is -5.08. The molecule has 0 saturated heterocycles. The molecule has 4 rings (SSSR count). The van der Waals surface area contributed by atoms with Gasteiger partial charge in [-0.2, -0.15) is 13.2 Å². The molecule has 1 saturated carbocycles. The quantitative estimate of drug-likeness (QED) is 0.671. The fourth-order valence-corrected chi connectivity index (χ4v) is 3.14.